The number of hydrogen-bond acceptors (Lipinski definition) is 5. The van der Waals surface area contributed by atoms with Crippen molar-refractivity contribution in [2.24, 2.45) is 0 Å². The van der Waals surface area contributed by atoms with Gasteiger partial charge >= 0.3 is 6.55 Å². The first-order valence-corrected chi connectivity index (χ1v) is 9.94. The van der Waals surface area contributed by atoms with Gasteiger partial charge in [-0.3, -0.25) is 4.90 Å². The summed E-state index contributed by atoms with van der Waals surface area (Å²) in [5, 5.41) is 3.60. The van der Waals surface area contributed by atoms with Crippen molar-refractivity contribution in [2.75, 3.05) is 33.3 Å². The van der Waals surface area contributed by atoms with Crippen LogP contribution in [0.5, 0.6) is 5.75 Å². The molecule has 7 nitrogen and oxygen atoms in total. The zero-order valence-electron chi connectivity index (χ0n) is 15.2. The smallest absolute Gasteiger partial charge is 0.333 e. The largest absolute Gasteiger partial charge is 0.497 e. The van der Waals surface area contributed by atoms with Crippen molar-refractivity contribution < 1.29 is 21.9 Å². The summed E-state index contributed by atoms with van der Waals surface area (Å²) in [6, 6.07) is 7.73. The van der Waals surface area contributed by atoms with Gasteiger partial charge < -0.3 is 4.74 Å². The number of methoxy groups -OCH3 is 1. The van der Waals surface area contributed by atoms with Gasteiger partial charge in [-0.2, -0.15) is 18.2 Å². The molecular weight excluding hydrogens is 378 g/mol. The molecule has 0 spiro atoms. The van der Waals surface area contributed by atoms with Crippen LogP contribution in [0.4, 0.5) is 8.78 Å². The lowest BCUT2D eigenvalue weighted by Crippen LogP contribution is -2.48. The molecular formula is C17H22F2N4O3S. The summed E-state index contributed by atoms with van der Waals surface area (Å²) in [5.74, 6) is 0.778. The Bertz CT molecular complexity index is 893. The summed E-state index contributed by atoms with van der Waals surface area (Å²) in [5.41, 5.74) is 1.16. The second-order valence-electron chi connectivity index (χ2n) is 6.37. The quantitative estimate of drug-likeness (QED) is 0.743. The Morgan fingerprint density at radius 3 is 2.52 bits per heavy atom. The Balaban J connectivity index is 1.66. The molecule has 148 valence electrons. The normalized spacial score (nSPS) is 16.8. The van der Waals surface area contributed by atoms with Crippen LogP contribution >= 0.6 is 0 Å². The Morgan fingerprint density at radius 1 is 1.22 bits per heavy atom. The molecule has 0 unspecified atom stereocenters. The lowest BCUT2D eigenvalue weighted by atomic mass is 10.2. The summed E-state index contributed by atoms with van der Waals surface area (Å²) >= 11 is 0. The van der Waals surface area contributed by atoms with Crippen molar-refractivity contribution in [3.05, 3.63) is 41.7 Å². The van der Waals surface area contributed by atoms with Gasteiger partial charge in [-0.25, -0.2) is 13.1 Å². The second-order valence-corrected chi connectivity index (χ2v) is 8.27. The highest BCUT2D eigenvalue weighted by Gasteiger charge is 2.31. The van der Waals surface area contributed by atoms with E-state index in [0.29, 0.717) is 37.4 Å². The second kappa shape index (κ2) is 7.91. The Labute approximate surface area is 157 Å². The minimum Gasteiger partial charge on any atom is -0.497 e. The lowest BCUT2D eigenvalue weighted by molar-refractivity contribution is 0.0561. The summed E-state index contributed by atoms with van der Waals surface area (Å²) in [4.78, 5) is 1.99. The molecule has 0 atom stereocenters. The van der Waals surface area contributed by atoms with Crippen LogP contribution < -0.4 is 4.74 Å². The number of halogens is 2. The van der Waals surface area contributed by atoms with E-state index in [1.165, 1.54) is 11.2 Å². The molecule has 1 aliphatic heterocycles. The van der Waals surface area contributed by atoms with Crippen molar-refractivity contribution in [2.45, 2.75) is 24.9 Å². The van der Waals surface area contributed by atoms with Crippen molar-refractivity contribution in [1.82, 2.24) is 19.0 Å². The monoisotopic (exact) mass is 400 g/mol. The molecule has 0 bridgehead atoms. The average molecular weight is 400 g/mol. The number of hydrogen-bond donors (Lipinski definition) is 0. The summed E-state index contributed by atoms with van der Waals surface area (Å²) in [7, 11) is -2.23. The van der Waals surface area contributed by atoms with Gasteiger partial charge in [-0.15, -0.1) is 0 Å². The standard InChI is InChI=1S/C17H22F2N4O3S/c1-13-16(12-23(20-13)17(18)19)27(24,25)22-8-6-21(7-9-22)11-14-4-3-5-15(10-14)26-2/h3-5,10,12,17H,6-9,11H2,1-2H3. The van der Waals surface area contributed by atoms with Crippen molar-refractivity contribution in [3.8, 4) is 5.75 Å². The van der Waals surface area contributed by atoms with E-state index in [-0.39, 0.29) is 10.6 Å². The van der Waals surface area contributed by atoms with E-state index < -0.39 is 16.6 Å². The van der Waals surface area contributed by atoms with Crippen molar-refractivity contribution in [1.29, 1.82) is 0 Å². The van der Waals surface area contributed by atoms with E-state index in [2.05, 4.69) is 10.00 Å². The minimum absolute atomic E-state index is 0.0779. The third-order valence-electron chi connectivity index (χ3n) is 4.56. The summed E-state index contributed by atoms with van der Waals surface area (Å²) < 4.78 is 58.1. The first-order valence-electron chi connectivity index (χ1n) is 8.50. The number of sulfonamides is 1. The van der Waals surface area contributed by atoms with E-state index >= 15 is 0 Å². The average Bonchev–Trinajstić information content (AvgIpc) is 3.05. The van der Waals surface area contributed by atoms with Gasteiger partial charge in [0.15, 0.2) is 0 Å². The molecule has 1 fully saturated rings. The zero-order chi connectivity index (χ0) is 19.6. The number of benzene rings is 1. The molecule has 0 radical (unpaired) electrons. The Hall–Kier alpha value is -2.04. The molecule has 1 aromatic heterocycles. The molecule has 27 heavy (non-hydrogen) atoms. The van der Waals surface area contributed by atoms with Crippen LogP contribution in [0.3, 0.4) is 0 Å². The molecule has 10 heteroatoms. The van der Waals surface area contributed by atoms with E-state index in [1.54, 1.807) is 7.11 Å². The maximum Gasteiger partial charge on any atom is 0.333 e. The highest BCUT2D eigenvalue weighted by Crippen LogP contribution is 2.23. The molecule has 1 aliphatic rings. The van der Waals surface area contributed by atoms with Crippen LogP contribution in [-0.2, 0) is 16.6 Å². The molecule has 3 rings (SSSR count). The Morgan fingerprint density at radius 2 is 1.93 bits per heavy atom. The highest BCUT2D eigenvalue weighted by atomic mass is 32.2. The number of nitrogens with zero attached hydrogens (tertiary/aromatic N) is 4. The SMILES string of the molecule is COc1cccc(CN2CCN(S(=O)(=O)c3cn(C(F)F)nc3C)CC2)c1. The molecule has 0 saturated carbocycles. The minimum atomic E-state index is -3.84. The zero-order valence-corrected chi connectivity index (χ0v) is 16.0. The van der Waals surface area contributed by atoms with Crippen molar-refractivity contribution in [3.63, 3.8) is 0 Å². The van der Waals surface area contributed by atoms with E-state index in [9.17, 15) is 17.2 Å². The fourth-order valence-corrected chi connectivity index (χ4v) is 4.69. The third-order valence-corrected chi connectivity index (χ3v) is 6.56. The molecule has 1 aromatic carbocycles. The molecule has 2 heterocycles. The van der Waals surface area contributed by atoms with Gasteiger partial charge in [-0.05, 0) is 24.6 Å². The predicted molar refractivity (Wildman–Crippen MR) is 95.2 cm³/mol. The van der Waals surface area contributed by atoms with Crippen LogP contribution in [0, 0.1) is 6.92 Å². The van der Waals surface area contributed by atoms with E-state index in [4.69, 9.17) is 4.74 Å². The number of rotatable bonds is 6. The van der Waals surface area contributed by atoms with E-state index in [0.717, 1.165) is 17.5 Å². The van der Waals surface area contributed by atoms with Crippen LogP contribution in [0.25, 0.3) is 0 Å². The number of piperazine rings is 1. The third kappa shape index (κ3) is 4.28. The van der Waals surface area contributed by atoms with Crippen LogP contribution in [0.15, 0.2) is 35.4 Å². The summed E-state index contributed by atoms with van der Waals surface area (Å²) in [6.07, 6.45) is 0.901. The molecule has 0 amide bonds. The number of aryl methyl sites for hydroxylation is 1. The lowest BCUT2D eigenvalue weighted by Gasteiger charge is -2.33. The molecule has 0 aliphatic carbocycles. The van der Waals surface area contributed by atoms with Crippen molar-refractivity contribution >= 4 is 10.0 Å². The molecule has 2 aromatic rings. The molecule has 0 N–H and O–H groups in total. The van der Waals surface area contributed by atoms with Crippen LogP contribution in [0.2, 0.25) is 0 Å². The van der Waals surface area contributed by atoms with E-state index in [1.807, 2.05) is 24.3 Å². The van der Waals surface area contributed by atoms with Gasteiger partial charge in [-0.1, -0.05) is 12.1 Å². The maximum atomic E-state index is 12.8. The highest BCUT2D eigenvalue weighted by molar-refractivity contribution is 7.89. The van der Waals surface area contributed by atoms with Gasteiger partial charge in [0.05, 0.1) is 19.0 Å². The fourth-order valence-electron chi connectivity index (χ4n) is 3.11. The number of ether oxygens (including phenoxy) is 1. The number of aromatic nitrogens is 2. The first kappa shape index (κ1) is 19.7. The van der Waals surface area contributed by atoms with Gasteiger partial charge in [0.25, 0.3) is 0 Å². The number of alkyl halides is 2. The maximum absolute atomic E-state index is 12.8. The Kier molecular flexibility index (Phi) is 5.78. The van der Waals surface area contributed by atoms with Crippen LogP contribution in [0.1, 0.15) is 17.8 Å². The topological polar surface area (TPSA) is 67.7 Å². The predicted octanol–water partition coefficient (Wildman–Crippen LogP) is 2.10. The fraction of sp³-hybridized carbons (Fsp3) is 0.471. The van der Waals surface area contributed by atoms with Gasteiger partial charge in [0, 0.05) is 32.7 Å². The molecule has 1 saturated heterocycles. The summed E-state index contributed by atoms with van der Waals surface area (Å²) in [6.45, 7) is 0.944. The van der Waals surface area contributed by atoms with Gasteiger partial charge in [0.1, 0.15) is 10.6 Å². The van der Waals surface area contributed by atoms with Gasteiger partial charge in [0.2, 0.25) is 10.0 Å². The first-order chi connectivity index (χ1) is 12.8. The van der Waals surface area contributed by atoms with Crippen LogP contribution in [-0.4, -0.2) is 60.7 Å².